The van der Waals surface area contributed by atoms with Gasteiger partial charge in [0, 0.05) is 18.6 Å². The molecule has 20 heavy (non-hydrogen) atoms. The van der Waals surface area contributed by atoms with Crippen LogP contribution in [0, 0.1) is 0 Å². The minimum Gasteiger partial charge on any atom is -0.486 e. The maximum Gasteiger partial charge on any atom is 0.335 e. The average molecular weight is 269 g/mol. The monoisotopic (exact) mass is 269 g/mol. The van der Waals surface area contributed by atoms with E-state index in [2.05, 4.69) is 9.97 Å². The van der Waals surface area contributed by atoms with E-state index in [0.29, 0.717) is 18.0 Å². The second kappa shape index (κ2) is 5.00. The van der Waals surface area contributed by atoms with Crippen molar-refractivity contribution in [2.75, 3.05) is 0 Å². The summed E-state index contributed by atoms with van der Waals surface area (Å²) in [5, 5.41) is 8.93. The molecule has 0 unspecified atom stereocenters. The molecule has 0 atom stereocenters. The summed E-state index contributed by atoms with van der Waals surface area (Å²) in [6, 6.07) is 6.65. The Balaban J connectivity index is 1.80. The summed E-state index contributed by atoms with van der Waals surface area (Å²) in [5.41, 5.74) is 1.51. The van der Waals surface area contributed by atoms with Gasteiger partial charge in [0.2, 0.25) is 0 Å². The van der Waals surface area contributed by atoms with Crippen molar-refractivity contribution in [2.24, 2.45) is 0 Å². The van der Waals surface area contributed by atoms with Crippen molar-refractivity contribution in [3.8, 4) is 5.75 Å². The SMILES string of the molecule is O=C(O)c1ccn2cc(COc3cccnc3)nc2c1. The number of aromatic nitrogens is 3. The minimum absolute atomic E-state index is 0.211. The molecule has 0 aliphatic rings. The molecule has 0 spiro atoms. The maximum absolute atomic E-state index is 10.9. The zero-order valence-corrected chi connectivity index (χ0v) is 10.4. The highest BCUT2D eigenvalue weighted by Crippen LogP contribution is 2.12. The summed E-state index contributed by atoms with van der Waals surface area (Å²) in [6.07, 6.45) is 6.76. The van der Waals surface area contributed by atoms with Crippen LogP contribution in [0.25, 0.3) is 5.65 Å². The third-order valence-corrected chi connectivity index (χ3v) is 2.78. The number of fused-ring (bicyclic) bond motifs is 1. The third-order valence-electron chi connectivity index (χ3n) is 2.78. The number of hydrogen-bond donors (Lipinski definition) is 1. The molecule has 0 bridgehead atoms. The second-order valence-electron chi connectivity index (χ2n) is 4.20. The number of nitrogens with zero attached hydrogens (tertiary/aromatic N) is 3. The van der Waals surface area contributed by atoms with Gasteiger partial charge in [-0.2, -0.15) is 0 Å². The van der Waals surface area contributed by atoms with E-state index in [1.807, 2.05) is 6.07 Å². The van der Waals surface area contributed by atoms with Crippen molar-refractivity contribution in [2.45, 2.75) is 6.61 Å². The molecule has 0 amide bonds. The summed E-state index contributed by atoms with van der Waals surface area (Å²) in [6.45, 7) is 0.301. The average Bonchev–Trinajstić information content (AvgIpc) is 2.88. The first-order chi connectivity index (χ1) is 9.72. The number of rotatable bonds is 4. The Bertz CT molecular complexity index is 753. The van der Waals surface area contributed by atoms with E-state index in [1.165, 1.54) is 12.1 Å². The molecule has 0 aliphatic heterocycles. The molecule has 3 aromatic heterocycles. The standard InChI is InChI=1S/C14H11N3O3/c18-14(19)10-3-5-17-8-11(16-13(17)6-10)9-20-12-2-1-4-15-7-12/h1-8H,9H2,(H,18,19). The van der Waals surface area contributed by atoms with Gasteiger partial charge in [-0.25, -0.2) is 9.78 Å². The predicted octanol–water partition coefficient (Wildman–Crippen LogP) is 2.01. The molecule has 1 N–H and O–H groups in total. The molecule has 0 aliphatic carbocycles. The van der Waals surface area contributed by atoms with E-state index in [9.17, 15) is 4.79 Å². The molecule has 0 saturated carbocycles. The second-order valence-corrected chi connectivity index (χ2v) is 4.20. The fourth-order valence-corrected chi connectivity index (χ4v) is 1.83. The molecule has 0 fully saturated rings. The lowest BCUT2D eigenvalue weighted by Gasteiger charge is -2.01. The molecular formula is C14H11N3O3. The van der Waals surface area contributed by atoms with Crippen molar-refractivity contribution < 1.29 is 14.6 Å². The summed E-state index contributed by atoms with van der Waals surface area (Å²) in [5.74, 6) is -0.306. The number of carboxylic acid groups (broad SMARTS) is 1. The highest BCUT2D eigenvalue weighted by Gasteiger charge is 2.07. The van der Waals surface area contributed by atoms with Gasteiger partial charge in [-0.1, -0.05) is 0 Å². The van der Waals surface area contributed by atoms with Crippen molar-refractivity contribution in [3.63, 3.8) is 0 Å². The van der Waals surface area contributed by atoms with Gasteiger partial charge in [0.25, 0.3) is 0 Å². The van der Waals surface area contributed by atoms with E-state index in [0.717, 1.165) is 5.69 Å². The molecule has 6 nitrogen and oxygen atoms in total. The van der Waals surface area contributed by atoms with Crippen LogP contribution in [0.3, 0.4) is 0 Å². The van der Waals surface area contributed by atoms with Crippen molar-refractivity contribution in [3.05, 3.63) is 60.3 Å². The van der Waals surface area contributed by atoms with E-state index in [1.54, 1.807) is 35.3 Å². The summed E-state index contributed by atoms with van der Waals surface area (Å²) in [4.78, 5) is 19.2. The third kappa shape index (κ3) is 2.44. The largest absolute Gasteiger partial charge is 0.486 e. The fraction of sp³-hybridized carbons (Fsp3) is 0.0714. The quantitative estimate of drug-likeness (QED) is 0.784. The number of carboxylic acids is 1. The van der Waals surface area contributed by atoms with Crippen LogP contribution >= 0.6 is 0 Å². The van der Waals surface area contributed by atoms with Gasteiger partial charge < -0.3 is 14.2 Å². The Morgan fingerprint density at radius 3 is 3.05 bits per heavy atom. The van der Waals surface area contributed by atoms with Gasteiger partial charge in [-0.3, -0.25) is 4.98 Å². The van der Waals surface area contributed by atoms with Crippen LogP contribution in [0.15, 0.2) is 49.1 Å². The molecule has 3 rings (SSSR count). The van der Waals surface area contributed by atoms with Crippen LogP contribution in [0.5, 0.6) is 5.75 Å². The van der Waals surface area contributed by atoms with Crippen molar-refractivity contribution in [1.82, 2.24) is 14.4 Å². The fourth-order valence-electron chi connectivity index (χ4n) is 1.83. The number of pyridine rings is 2. The molecular weight excluding hydrogens is 258 g/mol. The van der Waals surface area contributed by atoms with Gasteiger partial charge in [0.05, 0.1) is 17.5 Å². The van der Waals surface area contributed by atoms with Crippen LogP contribution < -0.4 is 4.74 Å². The first kappa shape index (κ1) is 12.2. The van der Waals surface area contributed by atoms with Crippen LogP contribution in [-0.4, -0.2) is 25.4 Å². The van der Waals surface area contributed by atoms with Gasteiger partial charge in [0.15, 0.2) is 0 Å². The first-order valence-corrected chi connectivity index (χ1v) is 5.96. The molecule has 0 radical (unpaired) electrons. The number of hydrogen-bond acceptors (Lipinski definition) is 4. The van der Waals surface area contributed by atoms with E-state index < -0.39 is 5.97 Å². The zero-order valence-electron chi connectivity index (χ0n) is 10.4. The van der Waals surface area contributed by atoms with Crippen LogP contribution in [0.4, 0.5) is 0 Å². The number of aromatic carboxylic acids is 1. The molecule has 0 saturated heterocycles. The Labute approximate surface area is 114 Å². The van der Waals surface area contributed by atoms with Gasteiger partial charge in [-0.15, -0.1) is 0 Å². The molecule has 0 aromatic carbocycles. The van der Waals surface area contributed by atoms with Crippen LogP contribution in [-0.2, 0) is 6.61 Å². The van der Waals surface area contributed by atoms with E-state index >= 15 is 0 Å². The topological polar surface area (TPSA) is 76.7 Å². The molecule has 3 heterocycles. The zero-order chi connectivity index (χ0) is 13.9. The molecule has 100 valence electrons. The van der Waals surface area contributed by atoms with Gasteiger partial charge >= 0.3 is 5.97 Å². The van der Waals surface area contributed by atoms with Crippen molar-refractivity contribution >= 4 is 11.6 Å². The predicted molar refractivity (Wildman–Crippen MR) is 70.7 cm³/mol. The van der Waals surface area contributed by atoms with E-state index in [4.69, 9.17) is 9.84 Å². The number of ether oxygens (including phenoxy) is 1. The smallest absolute Gasteiger partial charge is 0.335 e. The van der Waals surface area contributed by atoms with Crippen molar-refractivity contribution in [1.29, 1.82) is 0 Å². The highest BCUT2D eigenvalue weighted by molar-refractivity contribution is 5.88. The lowest BCUT2D eigenvalue weighted by atomic mass is 10.3. The lowest BCUT2D eigenvalue weighted by molar-refractivity contribution is 0.0697. The minimum atomic E-state index is -0.969. The number of imidazole rings is 1. The summed E-state index contributed by atoms with van der Waals surface area (Å²) < 4.78 is 7.30. The van der Waals surface area contributed by atoms with E-state index in [-0.39, 0.29) is 5.56 Å². The maximum atomic E-state index is 10.9. The molecule has 6 heteroatoms. The van der Waals surface area contributed by atoms with Gasteiger partial charge in [0.1, 0.15) is 18.0 Å². The normalized spacial score (nSPS) is 10.6. The molecule has 3 aromatic rings. The number of carbonyl (C=O) groups is 1. The summed E-state index contributed by atoms with van der Waals surface area (Å²) >= 11 is 0. The Kier molecular flexibility index (Phi) is 3.04. The van der Waals surface area contributed by atoms with Crippen LogP contribution in [0.2, 0.25) is 0 Å². The van der Waals surface area contributed by atoms with Gasteiger partial charge in [-0.05, 0) is 24.3 Å². The first-order valence-electron chi connectivity index (χ1n) is 5.96. The summed E-state index contributed by atoms with van der Waals surface area (Å²) in [7, 11) is 0. The lowest BCUT2D eigenvalue weighted by Crippen LogP contribution is -1.97. The highest BCUT2D eigenvalue weighted by atomic mass is 16.5. The Hall–Kier alpha value is -2.89. The Morgan fingerprint density at radius 2 is 2.30 bits per heavy atom. The van der Waals surface area contributed by atoms with Crippen LogP contribution in [0.1, 0.15) is 16.1 Å². The Morgan fingerprint density at radius 1 is 1.40 bits per heavy atom.